The van der Waals surface area contributed by atoms with Crippen LogP contribution in [0.25, 0.3) is 0 Å². The molecule has 2 atom stereocenters. The number of benzene rings is 2. The minimum atomic E-state index is -1.18. The number of nitrogens with two attached hydrogens (primary N) is 1. The summed E-state index contributed by atoms with van der Waals surface area (Å²) < 4.78 is 11.1. The summed E-state index contributed by atoms with van der Waals surface area (Å²) in [5.41, 5.74) is 12.5. The first-order valence-electron chi connectivity index (χ1n) is 23.7. The Morgan fingerprint density at radius 1 is 0.797 bits per heavy atom. The average molecular weight is 957 g/mol. The molecule has 4 aromatic heterocycles. The van der Waals surface area contributed by atoms with Gasteiger partial charge in [-0.1, -0.05) is 80.3 Å². The number of ether oxygens (including phenoxy) is 1. The van der Waals surface area contributed by atoms with E-state index in [1.54, 1.807) is 26.7 Å². The van der Waals surface area contributed by atoms with Crippen LogP contribution in [0.1, 0.15) is 80.3 Å². The molecule has 2 saturated heterocycles. The number of aromatic nitrogens is 8. The number of carbonyl (C=O) groups is 4. The van der Waals surface area contributed by atoms with Gasteiger partial charge in [0.25, 0.3) is 5.91 Å². The SMILES string of the molecule is CN1CCC2(CCc3c(C(=O)Nc4cnn(Cc5ccccc5)c4)n[nH]c3C2)C1=O.CN1CCC2(CCc3c(C(=O)O)nn(COCC[Si](C)(C)C)c3C2)C1=O.Nc1cnn(Cc2ccccc2)c1. The Morgan fingerprint density at radius 2 is 1.38 bits per heavy atom. The molecule has 69 heavy (non-hydrogen) atoms. The quantitative estimate of drug-likeness (QED) is 0.0824. The normalized spacial score (nSPS) is 19.5. The van der Waals surface area contributed by atoms with Gasteiger partial charge in [0.15, 0.2) is 11.4 Å². The summed E-state index contributed by atoms with van der Waals surface area (Å²) in [7, 11) is 2.52. The van der Waals surface area contributed by atoms with Crippen LogP contribution in [0.15, 0.2) is 85.5 Å². The highest BCUT2D eigenvalue weighted by atomic mass is 28.3. The van der Waals surface area contributed by atoms with E-state index >= 15 is 0 Å². The molecule has 0 saturated carbocycles. The molecule has 6 aromatic rings. The number of aromatic amines is 1. The van der Waals surface area contributed by atoms with E-state index < -0.39 is 19.5 Å². The molecule has 3 amide bonds. The van der Waals surface area contributed by atoms with Gasteiger partial charge in [-0.2, -0.15) is 20.4 Å². The van der Waals surface area contributed by atoms with Gasteiger partial charge in [0.05, 0.1) is 47.7 Å². The molecule has 2 aromatic carbocycles. The lowest BCUT2D eigenvalue weighted by Crippen LogP contribution is -2.38. The van der Waals surface area contributed by atoms with Crippen LogP contribution in [0.3, 0.4) is 0 Å². The average Bonchev–Trinajstić information content (AvgIpc) is 4.20. The largest absolute Gasteiger partial charge is 0.476 e. The van der Waals surface area contributed by atoms with Crippen molar-refractivity contribution in [2.75, 3.05) is 44.8 Å². The summed E-state index contributed by atoms with van der Waals surface area (Å²) in [5.74, 6) is -0.877. The number of anilines is 2. The third-order valence-electron chi connectivity index (χ3n) is 13.8. The zero-order chi connectivity index (χ0) is 48.9. The Bertz CT molecular complexity index is 2780. The molecule has 4 aliphatic rings. The van der Waals surface area contributed by atoms with Crippen molar-refractivity contribution < 1.29 is 29.0 Å². The van der Waals surface area contributed by atoms with Crippen molar-refractivity contribution >= 4 is 43.1 Å². The third-order valence-corrected chi connectivity index (χ3v) is 15.6. The summed E-state index contributed by atoms with van der Waals surface area (Å²) in [6.07, 6.45) is 12.5. The van der Waals surface area contributed by atoms with Crippen LogP contribution in [0.4, 0.5) is 11.4 Å². The molecule has 2 spiro atoms. The number of carbonyl (C=O) groups excluding carboxylic acids is 3. The number of hydrogen-bond donors (Lipinski definition) is 4. The van der Waals surface area contributed by atoms with E-state index in [1.165, 1.54) is 5.56 Å². The standard InChI is InChI=1S/C22H24N6O2.C18H29N3O4Si.C10H11N3/c1-27-10-9-22(21(27)30)8-7-17-18(11-22)25-26-19(17)20(29)24-16-12-23-28(14-16)13-15-5-3-2-4-6-15;1-20-8-7-18(17(20)24)6-5-13-14(11-18)21(19-15(13)16(22)23)12-25-9-10-26(2,3)4;11-10-6-12-13(8-10)7-9-4-2-1-3-5-9/h2-6,12,14H,7-11,13H2,1H3,(H,24,29)(H,25,26);5-12H2,1-4H3,(H,22,23);1-6,8H,7,11H2. The predicted octanol–water partition coefficient (Wildman–Crippen LogP) is 5.99. The van der Waals surface area contributed by atoms with E-state index in [1.807, 2.05) is 84.6 Å². The molecule has 2 fully saturated rings. The van der Waals surface area contributed by atoms with Crippen molar-refractivity contribution in [3.05, 3.63) is 130 Å². The zero-order valence-corrected chi connectivity index (χ0v) is 41.3. The van der Waals surface area contributed by atoms with Gasteiger partial charge >= 0.3 is 5.97 Å². The third kappa shape index (κ3) is 11.2. The number of fused-ring (bicyclic) bond motifs is 2. The lowest BCUT2D eigenvalue weighted by molar-refractivity contribution is -0.136. The zero-order valence-electron chi connectivity index (χ0n) is 40.3. The lowest BCUT2D eigenvalue weighted by Gasteiger charge is -2.31. The number of H-pyrrole nitrogens is 1. The maximum atomic E-state index is 12.8. The minimum Gasteiger partial charge on any atom is -0.476 e. The van der Waals surface area contributed by atoms with Gasteiger partial charge in [-0.25, -0.2) is 9.48 Å². The number of nitrogen functional groups attached to an aromatic ring is 1. The molecule has 19 heteroatoms. The molecular formula is C50H64N12O6Si. The van der Waals surface area contributed by atoms with Gasteiger partial charge in [-0.15, -0.1) is 0 Å². The van der Waals surface area contributed by atoms with Crippen molar-refractivity contribution in [2.24, 2.45) is 10.8 Å². The first-order chi connectivity index (χ1) is 33.0. The monoisotopic (exact) mass is 956 g/mol. The topological polar surface area (TPSA) is 224 Å². The number of amides is 3. The van der Waals surface area contributed by atoms with E-state index in [0.717, 1.165) is 73.0 Å². The van der Waals surface area contributed by atoms with Crippen LogP contribution < -0.4 is 11.1 Å². The van der Waals surface area contributed by atoms with Crippen molar-refractivity contribution in [3.63, 3.8) is 0 Å². The Labute approximate surface area is 403 Å². The number of aromatic carboxylic acids is 1. The summed E-state index contributed by atoms with van der Waals surface area (Å²) in [5, 5.41) is 32.4. The summed E-state index contributed by atoms with van der Waals surface area (Å²) >= 11 is 0. The number of carboxylic acids is 1. The highest BCUT2D eigenvalue weighted by Gasteiger charge is 2.50. The van der Waals surface area contributed by atoms with E-state index in [9.17, 15) is 24.3 Å². The number of hydrogen-bond acceptors (Lipinski definition) is 10. The van der Waals surface area contributed by atoms with Gasteiger partial charge in [0.2, 0.25) is 11.8 Å². The Kier molecular flexibility index (Phi) is 14.4. The van der Waals surface area contributed by atoms with Crippen molar-refractivity contribution in [3.8, 4) is 0 Å². The Morgan fingerprint density at radius 3 is 1.93 bits per heavy atom. The van der Waals surface area contributed by atoms with Crippen LogP contribution in [-0.2, 0) is 59.8 Å². The highest BCUT2D eigenvalue weighted by Crippen LogP contribution is 2.45. The number of likely N-dealkylation sites (tertiary alicyclic amines) is 2. The molecule has 6 heterocycles. The fraction of sp³-hybridized carbons (Fsp3) is 0.440. The van der Waals surface area contributed by atoms with E-state index in [2.05, 4.69) is 62.6 Å². The second kappa shape index (κ2) is 20.4. The molecule has 5 N–H and O–H groups in total. The molecule has 0 bridgehead atoms. The Balaban J connectivity index is 0.000000150. The molecule has 364 valence electrons. The van der Waals surface area contributed by atoms with Gasteiger partial charge in [0.1, 0.15) is 6.73 Å². The van der Waals surface area contributed by atoms with Gasteiger partial charge in [0, 0.05) is 89.6 Å². The van der Waals surface area contributed by atoms with Crippen LogP contribution >= 0.6 is 0 Å². The molecular weight excluding hydrogens is 893 g/mol. The fourth-order valence-electron chi connectivity index (χ4n) is 9.87. The highest BCUT2D eigenvalue weighted by molar-refractivity contribution is 6.76. The maximum Gasteiger partial charge on any atom is 0.356 e. The number of nitrogens with zero attached hydrogens (tertiary/aromatic N) is 9. The fourth-order valence-corrected chi connectivity index (χ4v) is 10.6. The van der Waals surface area contributed by atoms with Crippen molar-refractivity contribution in [1.82, 2.24) is 49.3 Å². The molecule has 18 nitrogen and oxygen atoms in total. The number of nitrogens with one attached hydrogen (secondary N) is 2. The lowest BCUT2D eigenvalue weighted by atomic mass is 9.72. The first-order valence-corrected chi connectivity index (χ1v) is 27.4. The maximum absolute atomic E-state index is 12.8. The molecule has 2 aliphatic heterocycles. The van der Waals surface area contributed by atoms with Crippen LogP contribution in [0.5, 0.6) is 0 Å². The van der Waals surface area contributed by atoms with Gasteiger partial charge in [-0.3, -0.25) is 28.8 Å². The minimum absolute atomic E-state index is 0.113. The first kappa shape index (κ1) is 48.6. The van der Waals surface area contributed by atoms with E-state index in [4.69, 9.17) is 10.5 Å². The van der Waals surface area contributed by atoms with Crippen LogP contribution in [0.2, 0.25) is 25.7 Å². The smallest absolute Gasteiger partial charge is 0.356 e. The second-order valence-electron chi connectivity index (χ2n) is 20.1. The number of carboxylic acid groups (broad SMARTS) is 1. The molecule has 10 rings (SSSR count). The van der Waals surface area contributed by atoms with Crippen molar-refractivity contribution in [1.29, 1.82) is 0 Å². The van der Waals surface area contributed by atoms with Crippen LogP contribution in [0, 0.1) is 10.8 Å². The van der Waals surface area contributed by atoms with Gasteiger partial charge in [-0.05, 0) is 55.7 Å². The molecule has 2 aliphatic carbocycles. The molecule has 2 unspecified atom stereocenters. The molecule has 0 radical (unpaired) electrons. The Hall–Kier alpha value is -6.86. The van der Waals surface area contributed by atoms with E-state index in [-0.39, 0.29) is 35.6 Å². The van der Waals surface area contributed by atoms with E-state index in [0.29, 0.717) is 62.3 Å². The summed E-state index contributed by atoms with van der Waals surface area (Å²) in [6, 6.07) is 21.3. The number of rotatable bonds is 12. The van der Waals surface area contributed by atoms with Gasteiger partial charge < -0.3 is 30.7 Å². The summed E-state index contributed by atoms with van der Waals surface area (Å²) in [6.45, 7) is 10.8. The van der Waals surface area contributed by atoms with Crippen molar-refractivity contribution in [2.45, 2.75) is 96.9 Å². The van der Waals surface area contributed by atoms with Crippen LogP contribution in [-0.4, -0.2) is 120 Å². The summed E-state index contributed by atoms with van der Waals surface area (Å²) in [4.78, 5) is 53.3. The predicted molar refractivity (Wildman–Crippen MR) is 263 cm³/mol. The second-order valence-corrected chi connectivity index (χ2v) is 25.8.